The van der Waals surface area contributed by atoms with Gasteiger partial charge in [0.15, 0.2) is 0 Å². The monoisotopic (exact) mass is 334 g/mol. The van der Waals surface area contributed by atoms with E-state index in [4.69, 9.17) is 0 Å². The van der Waals surface area contributed by atoms with Gasteiger partial charge in [-0.1, -0.05) is 30.3 Å². The van der Waals surface area contributed by atoms with Crippen LogP contribution in [0.4, 0.5) is 0 Å². The van der Waals surface area contributed by atoms with Gasteiger partial charge in [0.2, 0.25) is 11.8 Å². The molecule has 1 saturated heterocycles. The van der Waals surface area contributed by atoms with Gasteiger partial charge in [-0.25, -0.2) is 0 Å². The fourth-order valence-corrected chi connectivity index (χ4v) is 3.94. The Hall–Kier alpha value is -1.49. The number of nitrogens with zero attached hydrogens (tertiary/aromatic N) is 1. The van der Waals surface area contributed by atoms with E-state index in [0.29, 0.717) is 6.54 Å². The standard InChI is InChI=1S/C18H26N2O2S/c1-15(21)19-11-8-14-23-17(16-9-4-2-5-10-16)18(22)20-12-6-3-7-13-20/h2,4-5,9-10,17H,3,6-8,11-14H2,1H3,(H,19,21)/t17-/m1/s1. The molecule has 0 radical (unpaired) electrons. The molecule has 1 heterocycles. The molecule has 1 aliphatic rings. The van der Waals surface area contributed by atoms with Gasteiger partial charge in [0, 0.05) is 26.6 Å². The van der Waals surface area contributed by atoms with E-state index < -0.39 is 0 Å². The minimum Gasteiger partial charge on any atom is -0.356 e. The molecule has 0 aromatic heterocycles. The third-order valence-electron chi connectivity index (χ3n) is 3.97. The van der Waals surface area contributed by atoms with E-state index in [1.165, 1.54) is 13.3 Å². The van der Waals surface area contributed by atoms with Gasteiger partial charge in [-0.05, 0) is 37.0 Å². The molecule has 2 rings (SSSR count). The van der Waals surface area contributed by atoms with Crippen molar-refractivity contribution >= 4 is 23.6 Å². The molecule has 1 aliphatic heterocycles. The van der Waals surface area contributed by atoms with Gasteiger partial charge < -0.3 is 10.2 Å². The molecule has 2 amide bonds. The highest BCUT2D eigenvalue weighted by atomic mass is 32.2. The number of hydrogen-bond acceptors (Lipinski definition) is 3. The van der Waals surface area contributed by atoms with E-state index in [0.717, 1.165) is 43.7 Å². The second kappa shape index (κ2) is 9.60. The molecule has 126 valence electrons. The largest absolute Gasteiger partial charge is 0.356 e. The van der Waals surface area contributed by atoms with E-state index >= 15 is 0 Å². The molecule has 1 aromatic rings. The Labute approximate surface area is 143 Å². The lowest BCUT2D eigenvalue weighted by molar-refractivity contribution is -0.131. The highest BCUT2D eigenvalue weighted by Crippen LogP contribution is 2.32. The first-order valence-electron chi connectivity index (χ1n) is 8.38. The molecule has 4 nitrogen and oxygen atoms in total. The van der Waals surface area contributed by atoms with Crippen molar-refractivity contribution in [2.24, 2.45) is 0 Å². The molecule has 0 bridgehead atoms. The Balaban J connectivity index is 1.94. The molecule has 1 atom stereocenters. The van der Waals surface area contributed by atoms with Crippen LogP contribution in [0.5, 0.6) is 0 Å². The van der Waals surface area contributed by atoms with Gasteiger partial charge >= 0.3 is 0 Å². The molecule has 0 saturated carbocycles. The topological polar surface area (TPSA) is 49.4 Å². The number of likely N-dealkylation sites (tertiary alicyclic amines) is 1. The Morgan fingerprint density at radius 2 is 1.87 bits per heavy atom. The first kappa shape index (κ1) is 17.9. The first-order valence-corrected chi connectivity index (χ1v) is 9.43. The summed E-state index contributed by atoms with van der Waals surface area (Å²) in [5.74, 6) is 1.10. The highest BCUT2D eigenvalue weighted by molar-refractivity contribution is 8.00. The van der Waals surface area contributed by atoms with Gasteiger partial charge in [0.05, 0.1) is 0 Å². The second-order valence-corrected chi connectivity index (χ2v) is 7.10. The minimum atomic E-state index is -0.133. The first-order chi connectivity index (χ1) is 11.2. The van der Waals surface area contributed by atoms with Crippen molar-refractivity contribution in [1.82, 2.24) is 10.2 Å². The molecular weight excluding hydrogens is 308 g/mol. The Kier molecular flexibility index (Phi) is 7.46. The van der Waals surface area contributed by atoms with Crippen molar-refractivity contribution in [2.45, 2.75) is 37.9 Å². The molecular formula is C18H26N2O2S. The zero-order valence-electron chi connectivity index (χ0n) is 13.8. The number of rotatable bonds is 7. The molecule has 1 fully saturated rings. The summed E-state index contributed by atoms with van der Waals surface area (Å²) < 4.78 is 0. The zero-order valence-corrected chi connectivity index (χ0v) is 14.6. The van der Waals surface area contributed by atoms with Gasteiger partial charge in [0.1, 0.15) is 5.25 Å². The van der Waals surface area contributed by atoms with E-state index in [1.54, 1.807) is 11.8 Å². The predicted molar refractivity (Wildman–Crippen MR) is 95.4 cm³/mol. The van der Waals surface area contributed by atoms with Crippen LogP contribution in [0.3, 0.4) is 0 Å². The van der Waals surface area contributed by atoms with Crippen LogP contribution in [0.1, 0.15) is 43.4 Å². The number of amides is 2. The van der Waals surface area contributed by atoms with Crippen molar-refractivity contribution < 1.29 is 9.59 Å². The molecule has 0 unspecified atom stereocenters. The summed E-state index contributed by atoms with van der Waals surface area (Å²) in [6.45, 7) is 3.96. The van der Waals surface area contributed by atoms with E-state index in [1.807, 2.05) is 35.2 Å². The number of benzene rings is 1. The van der Waals surface area contributed by atoms with Crippen LogP contribution in [0.15, 0.2) is 30.3 Å². The third-order valence-corrected chi connectivity index (χ3v) is 5.31. The van der Waals surface area contributed by atoms with Crippen LogP contribution in [-0.4, -0.2) is 42.1 Å². The quantitative estimate of drug-likeness (QED) is 0.780. The summed E-state index contributed by atoms with van der Waals surface area (Å²) in [5.41, 5.74) is 1.08. The van der Waals surface area contributed by atoms with Gasteiger partial charge in [-0.2, -0.15) is 0 Å². The zero-order chi connectivity index (χ0) is 16.5. The second-order valence-electron chi connectivity index (χ2n) is 5.88. The van der Waals surface area contributed by atoms with Crippen LogP contribution in [0.25, 0.3) is 0 Å². The van der Waals surface area contributed by atoms with Crippen LogP contribution >= 0.6 is 11.8 Å². The Morgan fingerprint density at radius 1 is 1.17 bits per heavy atom. The lowest BCUT2D eigenvalue weighted by atomic mass is 10.1. The van der Waals surface area contributed by atoms with Crippen molar-refractivity contribution in [3.63, 3.8) is 0 Å². The third kappa shape index (κ3) is 5.90. The maximum Gasteiger partial charge on any atom is 0.240 e. The van der Waals surface area contributed by atoms with Gasteiger partial charge in [-0.15, -0.1) is 11.8 Å². The van der Waals surface area contributed by atoms with Crippen LogP contribution < -0.4 is 5.32 Å². The fourth-order valence-electron chi connectivity index (χ4n) is 2.76. The molecule has 0 aliphatic carbocycles. The fraction of sp³-hybridized carbons (Fsp3) is 0.556. The van der Waals surface area contributed by atoms with E-state index in [-0.39, 0.29) is 17.1 Å². The van der Waals surface area contributed by atoms with Crippen molar-refractivity contribution in [3.8, 4) is 0 Å². The summed E-state index contributed by atoms with van der Waals surface area (Å²) in [5, 5.41) is 2.67. The van der Waals surface area contributed by atoms with Gasteiger partial charge in [0.25, 0.3) is 0 Å². The van der Waals surface area contributed by atoms with E-state index in [9.17, 15) is 9.59 Å². The van der Waals surface area contributed by atoms with Crippen molar-refractivity contribution in [2.75, 3.05) is 25.4 Å². The maximum atomic E-state index is 12.9. The summed E-state index contributed by atoms with van der Waals surface area (Å²) in [7, 11) is 0. The number of thioether (sulfide) groups is 1. The number of piperidine rings is 1. The highest BCUT2D eigenvalue weighted by Gasteiger charge is 2.27. The summed E-state index contributed by atoms with van der Waals surface area (Å²) in [4.78, 5) is 25.8. The number of carbonyl (C=O) groups excluding carboxylic acids is 2. The van der Waals surface area contributed by atoms with E-state index in [2.05, 4.69) is 5.32 Å². The minimum absolute atomic E-state index is 0.000924. The number of hydrogen-bond donors (Lipinski definition) is 1. The van der Waals surface area contributed by atoms with Crippen LogP contribution in [-0.2, 0) is 9.59 Å². The molecule has 5 heteroatoms. The molecule has 23 heavy (non-hydrogen) atoms. The maximum absolute atomic E-state index is 12.9. The molecule has 1 N–H and O–H groups in total. The molecule has 1 aromatic carbocycles. The average Bonchev–Trinajstić information content (AvgIpc) is 2.59. The number of nitrogens with one attached hydrogen (secondary N) is 1. The normalized spacial score (nSPS) is 16.0. The van der Waals surface area contributed by atoms with Crippen LogP contribution in [0, 0.1) is 0 Å². The van der Waals surface area contributed by atoms with Crippen LogP contribution in [0.2, 0.25) is 0 Å². The number of carbonyl (C=O) groups is 2. The SMILES string of the molecule is CC(=O)NCCCS[C@@H](C(=O)N1CCCCC1)c1ccccc1. The van der Waals surface area contributed by atoms with Crippen molar-refractivity contribution in [3.05, 3.63) is 35.9 Å². The van der Waals surface area contributed by atoms with Gasteiger partial charge in [-0.3, -0.25) is 9.59 Å². The van der Waals surface area contributed by atoms with Crippen molar-refractivity contribution in [1.29, 1.82) is 0 Å². The predicted octanol–water partition coefficient (Wildman–Crippen LogP) is 3.00. The smallest absolute Gasteiger partial charge is 0.240 e. The summed E-state index contributed by atoms with van der Waals surface area (Å²) >= 11 is 1.69. The average molecular weight is 334 g/mol. The summed E-state index contributed by atoms with van der Waals surface area (Å²) in [6.07, 6.45) is 4.32. The Morgan fingerprint density at radius 3 is 2.52 bits per heavy atom. The lowest BCUT2D eigenvalue weighted by Gasteiger charge is -2.30. The molecule has 0 spiro atoms. The lowest BCUT2D eigenvalue weighted by Crippen LogP contribution is -2.38. The Bertz CT molecular complexity index is 501. The summed E-state index contributed by atoms with van der Waals surface area (Å²) in [6, 6.07) is 10.0.